The number of rotatable bonds is 4. The molecule has 1 fully saturated rings. The highest BCUT2D eigenvalue weighted by Crippen LogP contribution is 2.25. The van der Waals surface area contributed by atoms with Gasteiger partial charge in [-0.15, -0.1) is 0 Å². The number of hydrogen-bond donors (Lipinski definition) is 2. The summed E-state index contributed by atoms with van der Waals surface area (Å²) in [6.45, 7) is 0. The number of benzene rings is 2. The smallest absolute Gasteiger partial charge is 0.264 e. The highest BCUT2D eigenvalue weighted by atomic mass is 32.1. The van der Waals surface area contributed by atoms with Gasteiger partial charge < -0.3 is 9.47 Å². The van der Waals surface area contributed by atoms with Crippen LogP contribution >= 0.6 is 24.4 Å². The monoisotopic (exact) mass is 428 g/mol. The zero-order valence-corrected chi connectivity index (χ0v) is 17.1. The van der Waals surface area contributed by atoms with Gasteiger partial charge in [-0.3, -0.25) is 20.2 Å². The van der Waals surface area contributed by atoms with Gasteiger partial charge in [-0.25, -0.2) is 0 Å². The summed E-state index contributed by atoms with van der Waals surface area (Å²) in [6, 6.07) is 17.5. The molecule has 1 aliphatic rings. The number of nitrogens with one attached hydrogen (secondary N) is 2. The molecule has 29 heavy (non-hydrogen) atoms. The van der Waals surface area contributed by atoms with Gasteiger partial charge in [0.2, 0.25) is 0 Å². The summed E-state index contributed by atoms with van der Waals surface area (Å²) < 4.78 is 11.4. The highest BCUT2D eigenvalue weighted by molar-refractivity contribution is 7.80. The summed E-state index contributed by atoms with van der Waals surface area (Å²) in [7, 11) is 0. The molecule has 0 aromatic heterocycles. The molecule has 0 aliphatic heterocycles. The summed E-state index contributed by atoms with van der Waals surface area (Å²) in [5.74, 6) is -0.673. The van der Waals surface area contributed by atoms with Crippen LogP contribution in [0.4, 0.5) is 0 Å². The number of thiocarbonyl (C=S) groups is 2. The van der Waals surface area contributed by atoms with Gasteiger partial charge >= 0.3 is 0 Å². The van der Waals surface area contributed by atoms with Gasteiger partial charge in [0.25, 0.3) is 22.2 Å². The third-order valence-corrected chi connectivity index (χ3v) is 4.81. The molecule has 2 N–H and O–H groups in total. The highest BCUT2D eigenvalue weighted by Gasteiger charge is 2.32. The number of hydrogen-bond acceptors (Lipinski definition) is 6. The van der Waals surface area contributed by atoms with Crippen LogP contribution < -0.4 is 10.6 Å². The zero-order chi connectivity index (χ0) is 20.6. The van der Waals surface area contributed by atoms with Crippen molar-refractivity contribution < 1.29 is 19.1 Å². The molecule has 2 amide bonds. The first-order chi connectivity index (χ1) is 14.0. The Morgan fingerprint density at radius 1 is 0.724 bits per heavy atom. The molecule has 2 aromatic carbocycles. The van der Waals surface area contributed by atoms with Crippen LogP contribution in [0.1, 0.15) is 40.0 Å². The molecule has 150 valence electrons. The van der Waals surface area contributed by atoms with E-state index in [1.807, 2.05) is 12.1 Å². The van der Waals surface area contributed by atoms with Crippen molar-refractivity contribution in [3.63, 3.8) is 0 Å². The Morgan fingerprint density at radius 2 is 1.10 bits per heavy atom. The largest absolute Gasteiger partial charge is 0.463 e. The molecular weight excluding hydrogens is 408 g/mol. The second kappa shape index (κ2) is 10.1. The van der Waals surface area contributed by atoms with Gasteiger partial charge in [-0.1, -0.05) is 36.4 Å². The summed E-state index contributed by atoms with van der Waals surface area (Å²) >= 11 is 10.3. The Hall–Kier alpha value is -2.84. The molecule has 0 unspecified atom stereocenters. The molecule has 2 aromatic rings. The molecule has 6 nitrogen and oxygen atoms in total. The average Bonchev–Trinajstić information content (AvgIpc) is 3.15. The van der Waals surface area contributed by atoms with E-state index in [-0.39, 0.29) is 34.4 Å². The van der Waals surface area contributed by atoms with Crippen LogP contribution in [0.15, 0.2) is 60.7 Å². The lowest BCUT2D eigenvalue weighted by atomic mass is 10.2. The van der Waals surface area contributed by atoms with E-state index in [0.29, 0.717) is 24.0 Å². The lowest BCUT2D eigenvalue weighted by molar-refractivity contribution is 0.0577. The number of carbonyl (C=O) groups is 2. The van der Waals surface area contributed by atoms with E-state index >= 15 is 0 Å². The van der Waals surface area contributed by atoms with Crippen LogP contribution in [0.25, 0.3) is 0 Å². The fourth-order valence-electron chi connectivity index (χ4n) is 3.00. The molecule has 2 atom stereocenters. The molecular formula is C21H20N2O4S2. The van der Waals surface area contributed by atoms with Crippen LogP contribution in [-0.4, -0.2) is 34.4 Å². The normalized spacial score (nSPS) is 17.8. The maximum atomic E-state index is 12.2. The molecule has 8 heteroatoms. The average molecular weight is 429 g/mol. The predicted molar refractivity (Wildman–Crippen MR) is 117 cm³/mol. The number of amides is 2. The maximum absolute atomic E-state index is 12.2. The second-order valence-corrected chi connectivity index (χ2v) is 7.20. The van der Waals surface area contributed by atoms with E-state index in [9.17, 15) is 9.59 Å². The van der Waals surface area contributed by atoms with Gasteiger partial charge in [0.15, 0.2) is 0 Å². The molecule has 0 spiro atoms. The minimum atomic E-state index is -0.356. The fourth-order valence-corrected chi connectivity index (χ4v) is 3.44. The summed E-state index contributed by atoms with van der Waals surface area (Å²) in [5.41, 5.74) is 0.977. The van der Waals surface area contributed by atoms with E-state index in [0.717, 1.165) is 6.42 Å². The topological polar surface area (TPSA) is 76.7 Å². The Morgan fingerprint density at radius 3 is 1.48 bits per heavy atom. The van der Waals surface area contributed by atoms with E-state index in [4.69, 9.17) is 33.9 Å². The molecule has 1 aliphatic carbocycles. The molecule has 1 saturated carbocycles. The van der Waals surface area contributed by atoms with Crippen LogP contribution in [0.3, 0.4) is 0 Å². The van der Waals surface area contributed by atoms with Gasteiger partial charge in [0.1, 0.15) is 12.2 Å². The Kier molecular flexibility index (Phi) is 7.26. The van der Waals surface area contributed by atoms with Gasteiger partial charge in [0.05, 0.1) is 0 Å². The minimum Gasteiger partial charge on any atom is -0.463 e. The van der Waals surface area contributed by atoms with Crippen molar-refractivity contribution in [1.29, 1.82) is 0 Å². The van der Waals surface area contributed by atoms with Crippen molar-refractivity contribution in [3.8, 4) is 0 Å². The first-order valence-electron chi connectivity index (χ1n) is 9.17. The predicted octanol–water partition coefficient (Wildman–Crippen LogP) is 3.37. The molecule has 0 radical (unpaired) electrons. The molecule has 0 saturated heterocycles. The number of carbonyl (C=O) groups excluding carboxylic acids is 2. The summed E-state index contributed by atoms with van der Waals surface area (Å²) in [4.78, 5) is 24.3. The van der Waals surface area contributed by atoms with E-state index < -0.39 is 0 Å². The Bertz CT molecular complexity index is 817. The third kappa shape index (κ3) is 6.07. The number of ether oxygens (including phenoxy) is 2. The van der Waals surface area contributed by atoms with Gasteiger partial charge in [-0.05, 0) is 68.0 Å². The quantitative estimate of drug-likeness (QED) is 0.728. The SMILES string of the molecule is O=C(NC(=S)O[C@H]1CCC[C@H]1OC(=S)NC(=O)c1ccccc1)c1ccccc1. The van der Waals surface area contributed by atoms with Crippen molar-refractivity contribution in [3.05, 3.63) is 71.8 Å². The van der Waals surface area contributed by atoms with Crippen LogP contribution in [-0.2, 0) is 9.47 Å². The molecule has 0 bridgehead atoms. The van der Waals surface area contributed by atoms with E-state index in [2.05, 4.69) is 10.6 Å². The first-order valence-corrected chi connectivity index (χ1v) is 9.98. The third-order valence-electron chi connectivity index (χ3n) is 4.41. The van der Waals surface area contributed by atoms with Crippen molar-refractivity contribution >= 4 is 46.6 Å². The van der Waals surface area contributed by atoms with Crippen molar-refractivity contribution in [2.24, 2.45) is 0 Å². The zero-order valence-electron chi connectivity index (χ0n) is 15.5. The maximum Gasteiger partial charge on any atom is 0.264 e. The van der Waals surface area contributed by atoms with E-state index in [1.165, 1.54) is 0 Å². The van der Waals surface area contributed by atoms with Crippen molar-refractivity contribution in [1.82, 2.24) is 10.6 Å². The van der Waals surface area contributed by atoms with Crippen LogP contribution in [0.5, 0.6) is 0 Å². The van der Waals surface area contributed by atoms with Crippen LogP contribution in [0, 0.1) is 0 Å². The van der Waals surface area contributed by atoms with Gasteiger partial charge in [0, 0.05) is 11.1 Å². The second-order valence-electron chi connectivity index (χ2n) is 6.46. The Balaban J connectivity index is 1.49. The summed E-state index contributed by atoms with van der Waals surface area (Å²) in [6.07, 6.45) is 1.57. The van der Waals surface area contributed by atoms with Crippen molar-refractivity contribution in [2.75, 3.05) is 0 Å². The van der Waals surface area contributed by atoms with Gasteiger partial charge in [-0.2, -0.15) is 0 Å². The lowest BCUT2D eigenvalue weighted by Gasteiger charge is -2.23. The lowest BCUT2D eigenvalue weighted by Crippen LogP contribution is -2.40. The van der Waals surface area contributed by atoms with Crippen LogP contribution in [0.2, 0.25) is 0 Å². The minimum absolute atomic E-state index is 0.0152. The molecule has 3 rings (SSSR count). The first kappa shape index (κ1) is 20.9. The van der Waals surface area contributed by atoms with E-state index in [1.54, 1.807) is 48.5 Å². The summed E-state index contributed by atoms with van der Waals surface area (Å²) in [5, 5.41) is 5.10. The molecule has 0 heterocycles. The fraction of sp³-hybridized carbons (Fsp3) is 0.238. The Labute approximate surface area is 179 Å². The standard InChI is InChI=1S/C21H20N2O4S2/c24-18(14-8-3-1-4-9-14)22-20(28)26-16-12-7-13-17(16)27-21(29)23-19(25)15-10-5-2-6-11-15/h1-6,8-11,16-17H,7,12-13H2,(H,22,24,28)(H,23,25,29)/t16-,17+. The van der Waals surface area contributed by atoms with Crippen molar-refractivity contribution in [2.45, 2.75) is 31.5 Å².